The molecule has 2 heterocycles. The number of rotatable bonds is 4. The molecule has 3 aromatic rings. The van der Waals surface area contributed by atoms with E-state index < -0.39 is 0 Å². The van der Waals surface area contributed by atoms with Crippen LogP contribution in [0, 0.1) is 6.92 Å². The van der Waals surface area contributed by atoms with Crippen LogP contribution < -0.4 is 4.74 Å². The van der Waals surface area contributed by atoms with E-state index in [0.717, 1.165) is 39.1 Å². The Morgan fingerprint density at radius 3 is 2.58 bits per heavy atom. The summed E-state index contributed by atoms with van der Waals surface area (Å²) in [5.74, 6) is 1.65. The van der Waals surface area contributed by atoms with Crippen molar-refractivity contribution < 1.29 is 4.74 Å². The van der Waals surface area contributed by atoms with E-state index in [1.807, 2.05) is 35.9 Å². The SMILES string of the molecule is CCOc1ccc(C2=Nn3c(nnc3-c3ccccc3C)S[C@H]2C)cc1. The van der Waals surface area contributed by atoms with Crippen LogP contribution in [0.3, 0.4) is 0 Å². The van der Waals surface area contributed by atoms with E-state index in [9.17, 15) is 0 Å². The Morgan fingerprint density at radius 1 is 1.08 bits per heavy atom. The molecule has 1 aliphatic rings. The number of ether oxygens (including phenoxy) is 1. The second-order valence-corrected chi connectivity index (χ2v) is 7.44. The van der Waals surface area contributed by atoms with E-state index in [1.54, 1.807) is 11.8 Å². The summed E-state index contributed by atoms with van der Waals surface area (Å²) in [6.07, 6.45) is 0. The summed E-state index contributed by atoms with van der Waals surface area (Å²) < 4.78 is 7.40. The molecular weight excluding hydrogens is 344 g/mol. The molecule has 0 spiro atoms. The van der Waals surface area contributed by atoms with E-state index in [1.165, 1.54) is 0 Å². The average molecular weight is 364 g/mol. The van der Waals surface area contributed by atoms with Crippen molar-refractivity contribution in [3.05, 3.63) is 59.7 Å². The van der Waals surface area contributed by atoms with Gasteiger partial charge in [0, 0.05) is 5.56 Å². The second-order valence-electron chi connectivity index (χ2n) is 6.14. The van der Waals surface area contributed by atoms with E-state index in [0.29, 0.717) is 6.61 Å². The average Bonchev–Trinajstić information content (AvgIpc) is 3.05. The molecule has 0 saturated carbocycles. The quantitative estimate of drug-likeness (QED) is 0.688. The molecule has 1 atom stereocenters. The van der Waals surface area contributed by atoms with Gasteiger partial charge in [0.05, 0.1) is 17.6 Å². The lowest BCUT2D eigenvalue weighted by Gasteiger charge is -2.20. The molecule has 1 aliphatic heterocycles. The highest BCUT2D eigenvalue weighted by molar-refractivity contribution is 8.00. The van der Waals surface area contributed by atoms with Crippen LogP contribution in [-0.4, -0.2) is 32.4 Å². The Kier molecular flexibility index (Phi) is 4.51. The minimum Gasteiger partial charge on any atom is -0.494 e. The van der Waals surface area contributed by atoms with Gasteiger partial charge in [-0.15, -0.1) is 10.2 Å². The Hall–Kier alpha value is -2.60. The Balaban J connectivity index is 1.76. The number of benzene rings is 2. The molecule has 0 fully saturated rings. The van der Waals surface area contributed by atoms with E-state index >= 15 is 0 Å². The summed E-state index contributed by atoms with van der Waals surface area (Å²) in [6, 6.07) is 16.3. The van der Waals surface area contributed by atoms with Crippen LogP contribution in [0.1, 0.15) is 25.0 Å². The molecule has 4 rings (SSSR count). The first-order valence-electron chi connectivity index (χ1n) is 8.67. The van der Waals surface area contributed by atoms with Gasteiger partial charge in [0.2, 0.25) is 5.16 Å². The summed E-state index contributed by atoms with van der Waals surface area (Å²) >= 11 is 1.68. The van der Waals surface area contributed by atoms with Gasteiger partial charge < -0.3 is 4.74 Å². The third kappa shape index (κ3) is 3.01. The molecule has 1 aromatic heterocycles. The summed E-state index contributed by atoms with van der Waals surface area (Å²) in [5.41, 5.74) is 4.31. The normalized spacial score (nSPS) is 16.1. The zero-order valence-electron chi connectivity index (χ0n) is 15.0. The highest BCUT2D eigenvalue weighted by Gasteiger charge is 2.26. The number of aryl methyl sites for hydroxylation is 1. The van der Waals surface area contributed by atoms with Crippen LogP contribution in [0.5, 0.6) is 5.75 Å². The third-order valence-electron chi connectivity index (χ3n) is 4.33. The number of fused-ring (bicyclic) bond motifs is 1. The van der Waals surface area contributed by atoms with Crippen LogP contribution in [0.2, 0.25) is 0 Å². The summed E-state index contributed by atoms with van der Waals surface area (Å²) in [6.45, 7) is 6.87. The number of hydrogen-bond acceptors (Lipinski definition) is 5. The Bertz CT molecular complexity index is 962. The maximum absolute atomic E-state index is 5.54. The van der Waals surface area contributed by atoms with Crippen LogP contribution in [0.4, 0.5) is 0 Å². The minimum absolute atomic E-state index is 0.203. The third-order valence-corrected chi connectivity index (χ3v) is 5.38. The Morgan fingerprint density at radius 2 is 1.85 bits per heavy atom. The smallest absolute Gasteiger partial charge is 0.213 e. The molecule has 0 amide bonds. The Labute approximate surface area is 157 Å². The first kappa shape index (κ1) is 16.8. The summed E-state index contributed by atoms with van der Waals surface area (Å²) in [7, 11) is 0. The number of aromatic nitrogens is 3. The molecule has 6 heteroatoms. The topological polar surface area (TPSA) is 52.3 Å². The number of nitrogens with zero attached hydrogens (tertiary/aromatic N) is 4. The van der Waals surface area contributed by atoms with Crippen molar-refractivity contribution in [3.8, 4) is 17.1 Å². The maximum atomic E-state index is 5.54. The van der Waals surface area contributed by atoms with Gasteiger partial charge in [0.25, 0.3) is 0 Å². The van der Waals surface area contributed by atoms with Crippen molar-refractivity contribution in [2.75, 3.05) is 6.61 Å². The van der Waals surface area contributed by atoms with Gasteiger partial charge in [-0.05, 0) is 56.2 Å². The van der Waals surface area contributed by atoms with Crippen molar-refractivity contribution in [2.45, 2.75) is 31.2 Å². The van der Waals surface area contributed by atoms with E-state index in [4.69, 9.17) is 9.84 Å². The van der Waals surface area contributed by atoms with Crippen LogP contribution >= 0.6 is 11.8 Å². The van der Waals surface area contributed by atoms with Crippen LogP contribution in [0.25, 0.3) is 11.4 Å². The van der Waals surface area contributed by atoms with E-state index in [2.05, 4.69) is 48.3 Å². The lowest BCUT2D eigenvalue weighted by Crippen LogP contribution is -2.21. The molecular formula is C20H20N4OS. The lowest BCUT2D eigenvalue weighted by atomic mass is 10.1. The van der Waals surface area contributed by atoms with Crippen molar-refractivity contribution >= 4 is 17.5 Å². The van der Waals surface area contributed by atoms with Gasteiger partial charge in [-0.3, -0.25) is 0 Å². The van der Waals surface area contributed by atoms with E-state index in [-0.39, 0.29) is 5.25 Å². The molecule has 0 saturated heterocycles. The predicted octanol–water partition coefficient (Wildman–Crippen LogP) is 4.40. The fourth-order valence-electron chi connectivity index (χ4n) is 3.00. The van der Waals surface area contributed by atoms with Crippen molar-refractivity contribution in [1.29, 1.82) is 0 Å². The fraction of sp³-hybridized carbons (Fsp3) is 0.250. The zero-order chi connectivity index (χ0) is 18.1. The van der Waals surface area contributed by atoms with Gasteiger partial charge in [-0.25, -0.2) is 0 Å². The first-order chi connectivity index (χ1) is 12.7. The fourth-order valence-corrected chi connectivity index (χ4v) is 3.93. The molecule has 0 radical (unpaired) electrons. The summed E-state index contributed by atoms with van der Waals surface area (Å²) in [5, 5.41) is 14.7. The van der Waals surface area contributed by atoms with Gasteiger partial charge >= 0.3 is 0 Å². The van der Waals surface area contributed by atoms with Crippen LogP contribution in [0.15, 0.2) is 58.8 Å². The van der Waals surface area contributed by atoms with Crippen molar-refractivity contribution in [1.82, 2.24) is 14.9 Å². The largest absolute Gasteiger partial charge is 0.494 e. The standard InChI is InChI=1S/C20H20N4OS/c1-4-25-16-11-9-15(10-12-16)18-14(3)26-20-22-21-19(24(20)23-18)17-8-6-5-7-13(17)2/h5-12,14H,4H2,1-3H3/t14-/m0/s1. The molecule has 0 bridgehead atoms. The van der Waals surface area contributed by atoms with Gasteiger partial charge in [0.1, 0.15) is 5.75 Å². The second kappa shape index (κ2) is 6.96. The zero-order valence-corrected chi connectivity index (χ0v) is 15.8. The monoisotopic (exact) mass is 364 g/mol. The lowest BCUT2D eigenvalue weighted by molar-refractivity contribution is 0.340. The van der Waals surface area contributed by atoms with Gasteiger partial charge in [-0.1, -0.05) is 36.0 Å². The maximum Gasteiger partial charge on any atom is 0.213 e. The van der Waals surface area contributed by atoms with Gasteiger partial charge in [-0.2, -0.15) is 9.78 Å². The number of thioether (sulfide) groups is 1. The van der Waals surface area contributed by atoms with Crippen LogP contribution in [-0.2, 0) is 0 Å². The van der Waals surface area contributed by atoms with Crippen molar-refractivity contribution in [3.63, 3.8) is 0 Å². The minimum atomic E-state index is 0.203. The molecule has 26 heavy (non-hydrogen) atoms. The predicted molar refractivity (Wildman–Crippen MR) is 105 cm³/mol. The molecule has 2 aromatic carbocycles. The molecule has 5 nitrogen and oxygen atoms in total. The van der Waals surface area contributed by atoms with Crippen molar-refractivity contribution in [2.24, 2.45) is 5.10 Å². The summed E-state index contributed by atoms with van der Waals surface area (Å²) in [4.78, 5) is 0. The highest BCUT2D eigenvalue weighted by Crippen LogP contribution is 2.33. The molecule has 0 aliphatic carbocycles. The first-order valence-corrected chi connectivity index (χ1v) is 9.55. The molecule has 0 N–H and O–H groups in total. The molecule has 132 valence electrons. The van der Waals surface area contributed by atoms with Gasteiger partial charge in [0.15, 0.2) is 5.82 Å². The number of hydrogen-bond donors (Lipinski definition) is 0. The molecule has 0 unspecified atom stereocenters. The highest BCUT2D eigenvalue weighted by atomic mass is 32.2.